The molecule has 2 N–H and O–H groups in total. The van der Waals surface area contributed by atoms with Crippen molar-refractivity contribution in [1.82, 2.24) is 0 Å². The van der Waals surface area contributed by atoms with Gasteiger partial charge in [0, 0.05) is 22.9 Å². The maximum absolute atomic E-state index is 6.10. The Morgan fingerprint density at radius 1 is 1.50 bits per heavy atom. The van der Waals surface area contributed by atoms with Crippen molar-refractivity contribution in [3.05, 3.63) is 21.9 Å². The molecule has 14 heavy (non-hydrogen) atoms. The van der Waals surface area contributed by atoms with Gasteiger partial charge in [-0.2, -0.15) is 0 Å². The zero-order chi connectivity index (χ0) is 10.8. The summed E-state index contributed by atoms with van der Waals surface area (Å²) < 4.78 is 5.36. The molecule has 0 radical (unpaired) electrons. The SMILES string of the molecule is COC(C)(C)CC(N)c1ccc(C)s1. The highest BCUT2D eigenvalue weighted by atomic mass is 32.1. The molecule has 0 bridgehead atoms. The van der Waals surface area contributed by atoms with Crippen molar-refractivity contribution in [2.24, 2.45) is 5.73 Å². The Morgan fingerprint density at radius 3 is 2.57 bits per heavy atom. The lowest BCUT2D eigenvalue weighted by molar-refractivity contribution is 0.0102. The van der Waals surface area contributed by atoms with E-state index < -0.39 is 0 Å². The first kappa shape index (κ1) is 11.7. The Hall–Kier alpha value is -0.380. The molecule has 0 aliphatic rings. The van der Waals surface area contributed by atoms with E-state index in [0.29, 0.717) is 0 Å². The zero-order valence-corrected chi connectivity index (χ0v) is 10.1. The third-order valence-corrected chi connectivity index (χ3v) is 3.52. The van der Waals surface area contributed by atoms with Crippen molar-refractivity contribution in [3.63, 3.8) is 0 Å². The van der Waals surface area contributed by atoms with Crippen molar-refractivity contribution in [2.45, 2.75) is 38.8 Å². The van der Waals surface area contributed by atoms with Crippen LogP contribution < -0.4 is 5.73 Å². The summed E-state index contributed by atoms with van der Waals surface area (Å²) in [5.74, 6) is 0. The van der Waals surface area contributed by atoms with E-state index in [1.54, 1.807) is 18.4 Å². The van der Waals surface area contributed by atoms with E-state index in [1.807, 2.05) is 0 Å². The van der Waals surface area contributed by atoms with Crippen LogP contribution in [0.2, 0.25) is 0 Å². The number of hydrogen-bond donors (Lipinski definition) is 1. The van der Waals surface area contributed by atoms with Gasteiger partial charge in [-0.15, -0.1) is 11.3 Å². The summed E-state index contributed by atoms with van der Waals surface area (Å²) in [6, 6.07) is 4.31. The monoisotopic (exact) mass is 213 g/mol. The second-order valence-corrected chi connectivity index (χ2v) is 5.54. The van der Waals surface area contributed by atoms with Crippen LogP contribution in [0.4, 0.5) is 0 Å². The van der Waals surface area contributed by atoms with E-state index in [2.05, 4.69) is 32.9 Å². The largest absolute Gasteiger partial charge is 0.379 e. The number of rotatable bonds is 4. The normalized spacial score (nSPS) is 14.4. The number of methoxy groups -OCH3 is 1. The standard InChI is InChI=1S/C11H19NOS/c1-8-5-6-10(14-8)9(12)7-11(2,3)13-4/h5-6,9H,7,12H2,1-4H3. The predicted octanol–water partition coefficient (Wildman–Crippen LogP) is 2.87. The van der Waals surface area contributed by atoms with Crippen LogP contribution in [0.25, 0.3) is 0 Å². The molecule has 80 valence electrons. The first-order valence-corrected chi connectivity index (χ1v) is 5.63. The molecule has 0 aliphatic carbocycles. The molecule has 0 amide bonds. The van der Waals surface area contributed by atoms with Gasteiger partial charge in [-0.05, 0) is 39.3 Å². The summed E-state index contributed by atoms with van der Waals surface area (Å²) in [5, 5.41) is 0. The summed E-state index contributed by atoms with van der Waals surface area (Å²) in [5.41, 5.74) is 5.96. The summed E-state index contributed by atoms with van der Waals surface area (Å²) in [6.07, 6.45) is 0.851. The predicted molar refractivity (Wildman–Crippen MR) is 61.7 cm³/mol. The molecule has 3 heteroatoms. The molecular weight excluding hydrogens is 194 g/mol. The van der Waals surface area contributed by atoms with Crippen LogP contribution in [0.5, 0.6) is 0 Å². The van der Waals surface area contributed by atoms with Crippen LogP contribution in [0.1, 0.15) is 36.1 Å². The fourth-order valence-electron chi connectivity index (χ4n) is 1.37. The molecule has 0 saturated heterocycles. The number of nitrogens with two attached hydrogens (primary N) is 1. The van der Waals surface area contributed by atoms with Gasteiger partial charge in [-0.25, -0.2) is 0 Å². The molecule has 0 fully saturated rings. The van der Waals surface area contributed by atoms with E-state index in [1.165, 1.54) is 9.75 Å². The van der Waals surface area contributed by atoms with Crippen molar-refractivity contribution >= 4 is 11.3 Å². The molecule has 1 aromatic heterocycles. The Kier molecular flexibility index (Phi) is 3.70. The third kappa shape index (κ3) is 3.08. The second-order valence-electron chi connectivity index (χ2n) is 4.22. The van der Waals surface area contributed by atoms with Crippen LogP contribution in [0.3, 0.4) is 0 Å². The highest BCUT2D eigenvalue weighted by molar-refractivity contribution is 7.12. The quantitative estimate of drug-likeness (QED) is 0.834. The minimum absolute atomic E-state index is 0.0867. The summed E-state index contributed by atoms with van der Waals surface area (Å²) >= 11 is 1.77. The topological polar surface area (TPSA) is 35.2 Å². The number of hydrogen-bond acceptors (Lipinski definition) is 3. The van der Waals surface area contributed by atoms with Crippen LogP contribution in [-0.2, 0) is 4.74 Å². The van der Waals surface area contributed by atoms with Crippen molar-refractivity contribution < 1.29 is 4.74 Å². The summed E-state index contributed by atoms with van der Waals surface area (Å²) in [6.45, 7) is 6.23. The van der Waals surface area contributed by atoms with Crippen molar-refractivity contribution in [2.75, 3.05) is 7.11 Å². The highest BCUT2D eigenvalue weighted by Crippen LogP contribution is 2.28. The van der Waals surface area contributed by atoms with E-state index in [0.717, 1.165) is 6.42 Å². The summed E-state index contributed by atoms with van der Waals surface area (Å²) in [4.78, 5) is 2.55. The van der Waals surface area contributed by atoms with Gasteiger partial charge in [-0.1, -0.05) is 0 Å². The van der Waals surface area contributed by atoms with Crippen LogP contribution >= 0.6 is 11.3 Å². The Labute approximate surface area is 90.1 Å². The van der Waals surface area contributed by atoms with E-state index in [9.17, 15) is 0 Å². The molecule has 0 saturated carbocycles. The molecule has 1 unspecified atom stereocenters. The molecule has 1 heterocycles. The van der Waals surface area contributed by atoms with Gasteiger partial charge in [-0.3, -0.25) is 0 Å². The van der Waals surface area contributed by atoms with Crippen LogP contribution in [-0.4, -0.2) is 12.7 Å². The smallest absolute Gasteiger partial charge is 0.0641 e. The third-order valence-electron chi connectivity index (χ3n) is 2.39. The average molecular weight is 213 g/mol. The van der Waals surface area contributed by atoms with Gasteiger partial charge in [0.15, 0.2) is 0 Å². The molecule has 0 spiro atoms. The Balaban J connectivity index is 2.63. The van der Waals surface area contributed by atoms with Gasteiger partial charge < -0.3 is 10.5 Å². The number of ether oxygens (including phenoxy) is 1. The van der Waals surface area contributed by atoms with Crippen molar-refractivity contribution in [1.29, 1.82) is 0 Å². The number of aryl methyl sites for hydroxylation is 1. The second kappa shape index (κ2) is 4.43. The van der Waals surface area contributed by atoms with Gasteiger partial charge in [0.05, 0.1) is 5.60 Å². The first-order chi connectivity index (χ1) is 6.44. The Morgan fingerprint density at radius 2 is 2.14 bits per heavy atom. The Bertz CT molecular complexity index is 293. The molecule has 2 nitrogen and oxygen atoms in total. The van der Waals surface area contributed by atoms with Crippen LogP contribution in [0.15, 0.2) is 12.1 Å². The minimum Gasteiger partial charge on any atom is -0.379 e. The first-order valence-electron chi connectivity index (χ1n) is 4.82. The van der Waals surface area contributed by atoms with E-state index in [-0.39, 0.29) is 11.6 Å². The van der Waals surface area contributed by atoms with Crippen LogP contribution in [0, 0.1) is 6.92 Å². The lowest BCUT2D eigenvalue weighted by Gasteiger charge is -2.25. The van der Waals surface area contributed by atoms with Gasteiger partial charge in [0.1, 0.15) is 0 Å². The van der Waals surface area contributed by atoms with E-state index >= 15 is 0 Å². The molecule has 1 aromatic rings. The maximum atomic E-state index is 6.10. The zero-order valence-electron chi connectivity index (χ0n) is 9.33. The molecule has 1 rings (SSSR count). The summed E-state index contributed by atoms with van der Waals surface area (Å²) in [7, 11) is 1.73. The minimum atomic E-state index is -0.142. The molecule has 0 aliphatic heterocycles. The van der Waals surface area contributed by atoms with Crippen molar-refractivity contribution in [3.8, 4) is 0 Å². The molecule has 1 atom stereocenters. The van der Waals surface area contributed by atoms with Gasteiger partial charge in [0.25, 0.3) is 0 Å². The highest BCUT2D eigenvalue weighted by Gasteiger charge is 2.22. The van der Waals surface area contributed by atoms with Gasteiger partial charge in [0.2, 0.25) is 0 Å². The lowest BCUT2D eigenvalue weighted by Crippen LogP contribution is -2.28. The molecular formula is C11H19NOS. The van der Waals surface area contributed by atoms with E-state index in [4.69, 9.17) is 10.5 Å². The average Bonchev–Trinajstić information content (AvgIpc) is 2.51. The fraction of sp³-hybridized carbons (Fsp3) is 0.636. The van der Waals surface area contributed by atoms with Gasteiger partial charge >= 0.3 is 0 Å². The fourth-order valence-corrected chi connectivity index (χ4v) is 2.24. The lowest BCUT2D eigenvalue weighted by atomic mass is 9.98. The number of thiophene rings is 1. The maximum Gasteiger partial charge on any atom is 0.0641 e. The molecule has 0 aromatic carbocycles.